The zero-order valence-corrected chi connectivity index (χ0v) is 9.84. The molecule has 0 radical (unpaired) electrons. The molecule has 0 aliphatic carbocycles. The normalized spacial score (nSPS) is 11.4. The molecule has 0 bridgehead atoms. The molecule has 0 heterocycles. The second-order valence-corrected chi connectivity index (χ2v) is 3.37. The van der Waals surface area contributed by atoms with Gasteiger partial charge in [0.25, 0.3) is 0 Å². The van der Waals surface area contributed by atoms with Gasteiger partial charge in [0.1, 0.15) is 12.5 Å². The van der Waals surface area contributed by atoms with Gasteiger partial charge in [0.05, 0.1) is 6.61 Å². The molecule has 0 aromatic rings. The number of aliphatic carboxylic acids is 2. The van der Waals surface area contributed by atoms with Crippen molar-refractivity contribution >= 4 is 23.8 Å². The second-order valence-electron chi connectivity index (χ2n) is 3.37. The number of rotatable bonds is 8. The average Bonchev–Trinajstić information content (AvgIpc) is 2.23. The van der Waals surface area contributed by atoms with E-state index in [4.69, 9.17) is 10.2 Å². The highest BCUT2D eigenvalue weighted by atomic mass is 16.5. The summed E-state index contributed by atoms with van der Waals surface area (Å²) in [5, 5.41) is 19.1. The summed E-state index contributed by atoms with van der Waals surface area (Å²) < 4.78 is 4.60. The number of amides is 1. The lowest BCUT2D eigenvalue weighted by Gasteiger charge is -2.13. The molecule has 0 aromatic carbocycles. The molecule has 0 saturated heterocycles. The smallest absolute Gasteiger partial charge is 0.326 e. The van der Waals surface area contributed by atoms with Crippen LogP contribution in [0.3, 0.4) is 0 Å². The summed E-state index contributed by atoms with van der Waals surface area (Å²) in [6, 6.07) is -1.30. The Kier molecular flexibility index (Phi) is 7.10. The van der Waals surface area contributed by atoms with Crippen LogP contribution in [0.1, 0.15) is 26.2 Å². The van der Waals surface area contributed by atoms with Crippen molar-refractivity contribution in [3.8, 4) is 0 Å². The number of carboxylic acid groups (broad SMARTS) is 2. The first kappa shape index (κ1) is 15.9. The van der Waals surface area contributed by atoms with Crippen LogP contribution >= 0.6 is 0 Å². The molecule has 0 spiro atoms. The molecular weight excluding hydrogens is 246 g/mol. The largest absolute Gasteiger partial charge is 0.481 e. The number of nitrogens with one attached hydrogen (secondary N) is 1. The quantitative estimate of drug-likeness (QED) is 0.392. The topological polar surface area (TPSA) is 130 Å². The summed E-state index contributed by atoms with van der Waals surface area (Å²) in [7, 11) is 0. The lowest BCUT2D eigenvalue weighted by atomic mass is 10.1. The van der Waals surface area contributed by atoms with Crippen LogP contribution in [0.2, 0.25) is 0 Å². The maximum Gasteiger partial charge on any atom is 0.326 e. The van der Waals surface area contributed by atoms with Crippen LogP contribution in [-0.2, 0) is 23.9 Å². The van der Waals surface area contributed by atoms with E-state index in [9.17, 15) is 19.2 Å². The third-order valence-electron chi connectivity index (χ3n) is 1.89. The number of hydrogen-bond donors (Lipinski definition) is 3. The Hall–Kier alpha value is -2.12. The molecule has 8 heteroatoms. The van der Waals surface area contributed by atoms with E-state index >= 15 is 0 Å². The zero-order valence-electron chi connectivity index (χ0n) is 9.84. The fourth-order valence-electron chi connectivity index (χ4n) is 1.14. The monoisotopic (exact) mass is 261 g/mol. The van der Waals surface area contributed by atoms with Gasteiger partial charge in [-0.15, -0.1) is 0 Å². The van der Waals surface area contributed by atoms with Crippen molar-refractivity contribution in [1.29, 1.82) is 0 Å². The first-order valence-corrected chi connectivity index (χ1v) is 5.26. The van der Waals surface area contributed by atoms with Gasteiger partial charge in [0, 0.05) is 6.42 Å². The number of carbonyl (C=O) groups is 4. The Bertz CT molecular complexity index is 339. The summed E-state index contributed by atoms with van der Waals surface area (Å²) in [5.74, 6) is -4.19. The second kappa shape index (κ2) is 8.04. The van der Waals surface area contributed by atoms with Gasteiger partial charge in [-0.25, -0.2) is 4.79 Å². The lowest BCUT2D eigenvalue weighted by molar-refractivity contribution is -0.147. The molecule has 0 rings (SSSR count). The van der Waals surface area contributed by atoms with Gasteiger partial charge in [0.2, 0.25) is 5.91 Å². The third kappa shape index (κ3) is 7.20. The van der Waals surface area contributed by atoms with Gasteiger partial charge in [0.15, 0.2) is 0 Å². The molecule has 0 aliphatic heterocycles. The van der Waals surface area contributed by atoms with E-state index in [1.54, 1.807) is 6.92 Å². The van der Waals surface area contributed by atoms with Crippen LogP contribution in [0, 0.1) is 0 Å². The lowest BCUT2D eigenvalue weighted by Crippen LogP contribution is -2.41. The Morgan fingerprint density at radius 2 is 1.83 bits per heavy atom. The molecule has 1 atom stereocenters. The van der Waals surface area contributed by atoms with Crippen molar-refractivity contribution in [3.63, 3.8) is 0 Å². The minimum Gasteiger partial charge on any atom is -0.481 e. The molecule has 18 heavy (non-hydrogen) atoms. The molecule has 102 valence electrons. The van der Waals surface area contributed by atoms with Crippen molar-refractivity contribution in [2.24, 2.45) is 0 Å². The summed E-state index contributed by atoms with van der Waals surface area (Å²) in [4.78, 5) is 43.1. The minimum atomic E-state index is -1.36. The first-order valence-electron chi connectivity index (χ1n) is 5.26. The van der Waals surface area contributed by atoms with Crippen molar-refractivity contribution < 1.29 is 34.1 Å². The Morgan fingerprint density at radius 3 is 2.28 bits per heavy atom. The molecule has 0 aliphatic rings. The SMILES string of the molecule is CCOC(=O)CC[C@H](NC(=O)CC(=O)O)C(=O)O. The van der Waals surface area contributed by atoms with Gasteiger partial charge >= 0.3 is 17.9 Å². The van der Waals surface area contributed by atoms with Crippen LogP contribution < -0.4 is 5.32 Å². The van der Waals surface area contributed by atoms with Crippen LogP contribution in [0.5, 0.6) is 0 Å². The van der Waals surface area contributed by atoms with Crippen LogP contribution in [0.15, 0.2) is 0 Å². The van der Waals surface area contributed by atoms with Crippen molar-refractivity contribution in [1.82, 2.24) is 5.32 Å². The van der Waals surface area contributed by atoms with Crippen LogP contribution in [0.25, 0.3) is 0 Å². The third-order valence-corrected chi connectivity index (χ3v) is 1.89. The predicted molar refractivity (Wildman–Crippen MR) is 57.7 cm³/mol. The number of carboxylic acids is 2. The number of esters is 1. The highest BCUT2D eigenvalue weighted by molar-refractivity contribution is 5.95. The van der Waals surface area contributed by atoms with E-state index < -0.39 is 36.3 Å². The van der Waals surface area contributed by atoms with Crippen molar-refractivity contribution in [2.45, 2.75) is 32.2 Å². The maximum absolute atomic E-state index is 11.1. The van der Waals surface area contributed by atoms with E-state index in [0.717, 1.165) is 0 Å². The maximum atomic E-state index is 11.1. The molecule has 0 unspecified atom stereocenters. The summed E-state index contributed by atoms with van der Waals surface area (Å²) in [5.41, 5.74) is 0. The molecule has 0 fully saturated rings. The minimum absolute atomic E-state index is 0.153. The van der Waals surface area contributed by atoms with Gasteiger partial charge in [-0.3, -0.25) is 14.4 Å². The summed E-state index contributed by atoms with van der Waals surface area (Å²) in [6.07, 6.45) is -1.14. The van der Waals surface area contributed by atoms with Gasteiger partial charge < -0.3 is 20.3 Å². The van der Waals surface area contributed by atoms with Crippen molar-refractivity contribution in [2.75, 3.05) is 6.61 Å². The van der Waals surface area contributed by atoms with E-state index in [1.165, 1.54) is 0 Å². The number of ether oxygens (including phenoxy) is 1. The first-order chi connectivity index (χ1) is 8.36. The molecule has 8 nitrogen and oxygen atoms in total. The Labute approximate surface area is 103 Å². The van der Waals surface area contributed by atoms with Gasteiger partial charge in [-0.05, 0) is 13.3 Å². The van der Waals surface area contributed by atoms with Crippen LogP contribution in [-0.4, -0.2) is 46.7 Å². The molecular formula is C10H15NO7. The number of carbonyl (C=O) groups excluding carboxylic acids is 2. The highest BCUT2D eigenvalue weighted by Gasteiger charge is 2.22. The Morgan fingerprint density at radius 1 is 1.22 bits per heavy atom. The van der Waals surface area contributed by atoms with Gasteiger partial charge in [-0.2, -0.15) is 0 Å². The molecule has 3 N–H and O–H groups in total. The van der Waals surface area contributed by atoms with Crippen molar-refractivity contribution in [3.05, 3.63) is 0 Å². The van der Waals surface area contributed by atoms with Crippen LogP contribution in [0.4, 0.5) is 0 Å². The van der Waals surface area contributed by atoms with E-state index in [1.807, 2.05) is 5.32 Å². The molecule has 1 amide bonds. The predicted octanol–water partition coefficient (Wildman–Crippen LogP) is -0.626. The molecule has 0 aromatic heterocycles. The van der Waals surface area contributed by atoms with E-state index in [0.29, 0.717) is 0 Å². The molecule has 0 saturated carbocycles. The van der Waals surface area contributed by atoms with E-state index in [2.05, 4.69) is 4.74 Å². The Balaban J connectivity index is 4.23. The fraction of sp³-hybridized carbons (Fsp3) is 0.600. The average molecular weight is 261 g/mol. The fourth-order valence-corrected chi connectivity index (χ4v) is 1.14. The van der Waals surface area contributed by atoms with E-state index in [-0.39, 0.29) is 19.4 Å². The zero-order chi connectivity index (χ0) is 14.1. The number of hydrogen-bond acceptors (Lipinski definition) is 5. The standard InChI is InChI=1S/C10H15NO7/c1-2-18-9(15)4-3-6(10(16)17)11-7(12)5-8(13)14/h6H,2-5H2,1H3,(H,11,12)(H,13,14)(H,16,17)/t6-/m0/s1. The summed E-state index contributed by atoms with van der Waals surface area (Å²) >= 11 is 0. The highest BCUT2D eigenvalue weighted by Crippen LogP contribution is 2.00. The summed E-state index contributed by atoms with van der Waals surface area (Å²) in [6.45, 7) is 1.79. The van der Waals surface area contributed by atoms with Gasteiger partial charge in [-0.1, -0.05) is 0 Å².